The normalized spacial score (nSPS) is 41.4. The Bertz CT molecular complexity index is 244. The van der Waals surface area contributed by atoms with Crippen molar-refractivity contribution in [3.8, 4) is 0 Å². The average Bonchev–Trinajstić information content (AvgIpc) is 2.97. The largest absolute Gasteiger partial charge is 0.370 e. The molecule has 2 aliphatic carbocycles. The Morgan fingerprint density at radius 2 is 2.21 bits per heavy atom. The molecule has 14 heavy (non-hydrogen) atoms. The number of epoxide rings is 1. The lowest BCUT2D eigenvalue weighted by atomic mass is 9.82. The van der Waals surface area contributed by atoms with Gasteiger partial charge in [0.1, 0.15) is 0 Å². The molecule has 1 heteroatoms. The molecule has 0 radical (unpaired) electrons. The Labute approximate surface area is 86.5 Å². The van der Waals surface area contributed by atoms with Gasteiger partial charge in [-0.2, -0.15) is 0 Å². The third-order valence-electron chi connectivity index (χ3n) is 4.05. The fourth-order valence-corrected chi connectivity index (χ4v) is 3.13. The zero-order valence-electron chi connectivity index (χ0n) is 8.87. The first-order valence-electron chi connectivity index (χ1n) is 6.25. The molecule has 3 atom stereocenters. The van der Waals surface area contributed by atoms with Gasteiger partial charge in [-0.15, -0.1) is 0 Å². The van der Waals surface area contributed by atoms with Crippen molar-refractivity contribution >= 4 is 0 Å². The lowest BCUT2D eigenvalue weighted by Gasteiger charge is -2.22. The summed E-state index contributed by atoms with van der Waals surface area (Å²) in [6.45, 7) is 0. The summed E-state index contributed by atoms with van der Waals surface area (Å²) < 4.78 is 5.58. The van der Waals surface area contributed by atoms with Crippen LogP contribution in [-0.2, 0) is 4.74 Å². The van der Waals surface area contributed by atoms with Gasteiger partial charge >= 0.3 is 0 Å². The van der Waals surface area contributed by atoms with Crippen LogP contribution >= 0.6 is 0 Å². The summed E-state index contributed by atoms with van der Waals surface area (Å²) in [5.74, 6) is 0.947. The summed E-state index contributed by atoms with van der Waals surface area (Å²) in [6.07, 6.45) is 14.9. The Hall–Kier alpha value is -0.300. The van der Waals surface area contributed by atoms with Crippen molar-refractivity contribution in [3.63, 3.8) is 0 Å². The van der Waals surface area contributed by atoms with Gasteiger partial charge in [0.25, 0.3) is 0 Å². The predicted molar refractivity (Wildman–Crippen MR) is 57.2 cm³/mol. The summed E-state index contributed by atoms with van der Waals surface area (Å²) in [6, 6.07) is 0. The average molecular weight is 192 g/mol. The predicted octanol–water partition coefficient (Wildman–Crippen LogP) is 3.44. The zero-order valence-corrected chi connectivity index (χ0v) is 8.87. The first kappa shape index (κ1) is 8.96. The maximum Gasteiger partial charge on any atom is 0.0844 e. The summed E-state index contributed by atoms with van der Waals surface area (Å²) in [5.41, 5.74) is 1.75. The van der Waals surface area contributed by atoms with Crippen LogP contribution < -0.4 is 0 Å². The van der Waals surface area contributed by atoms with E-state index >= 15 is 0 Å². The summed E-state index contributed by atoms with van der Waals surface area (Å²) in [4.78, 5) is 0. The lowest BCUT2D eigenvalue weighted by molar-refractivity contribution is 0.358. The molecule has 1 aliphatic heterocycles. The van der Waals surface area contributed by atoms with Gasteiger partial charge in [0.2, 0.25) is 0 Å². The van der Waals surface area contributed by atoms with E-state index in [0.29, 0.717) is 12.2 Å². The minimum Gasteiger partial charge on any atom is -0.370 e. The fraction of sp³-hybridized carbons (Fsp3) is 0.846. The molecule has 0 N–H and O–H groups in total. The van der Waals surface area contributed by atoms with Crippen molar-refractivity contribution in [2.75, 3.05) is 0 Å². The molecule has 0 aromatic carbocycles. The van der Waals surface area contributed by atoms with Gasteiger partial charge in [0.15, 0.2) is 0 Å². The van der Waals surface area contributed by atoms with Crippen LogP contribution in [0.3, 0.4) is 0 Å². The molecule has 1 heterocycles. The van der Waals surface area contributed by atoms with E-state index in [0.717, 1.165) is 5.92 Å². The van der Waals surface area contributed by atoms with E-state index in [2.05, 4.69) is 6.08 Å². The van der Waals surface area contributed by atoms with Crippen molar-refractivity contribution in [2.24, 2.45) is 5.92 Å². The molecule has 2 fully saturated rings. The quantitative estimate of drug-likeness (QED) is 0.482. The zero-order chi connectivity index (χ0) is 9.38. The van der Waals surface area contributed by atoms with Crippen LogP contribution in [0.15, 0.2) is 11.6 Å². The smallest absolute Gasteiger partial charge is 0.0844 e. The molecule has 0 aromatic heterocycles. The summed E-state index contributed by atoms with van der Waals surface area (Å²) in [5, 5.41) is 0. The van der Waals surface area contributed by atoms with Crippen LogP contribution in [-0.4, -0.2) is 12.2 Å². The molecule has 1 nitrogen and oxygen atoms in total. The highest BCUT2D eigenvalue weighted by Crippen LogP contribution is 2.42. The van der Waals surface area contributed by atoms with Gasteiger partial charge in [0.05, 0.1) is 12.2 Å². The van der Waals surface area contributed by atoms with Crippen LogP contribution in [0.5, 0.6) is 0 Å². The summed E-state index contributed by atoms with van der Waals surface area (Å²) in [7, 11) is 0. The minimum absolute atomic E-state index is 0.665. The second-order valence-electron chi connectivity index (χ2n) is 5.20. The minimum atomic E-state index is 0.665. The molecule has 0 aromatic rings. The van der Waals surface area contributed by atoms with E-state index in [9.17, 15) is 0 Å². The van der Waals surface area contributed by atoms with Crippen molar-refractivity contribution in [3.05, 3.63) is 11.6 Å². The Kier molecular flexibility index (Phi) is 2.36. The van der Waals surface area contributed by atoms with Gasteiger partial charge in [-0.1, -0.05) is 11.6 Å². The van der Waals surface area contributed by atoms with Gasteiger partial charge in [0, 0.05) is 0 Å². The van der Waals surface area contributed by atoms with E-state index in [-0.39, 0.29) is 0 Å². The molecule has 3 unspecified atom stereocenters. The number of ether oxygens (including phenoxy) is 1. The van der Waals surface area contributed by atoms with Crippen molar-refractivity contribution in [1.29, 1.82) is 0 Å². The number of allylic oxidation sites excluding steroid dienone is 2. The van der Waals surface area contributed by atoms with Crippen LogP contribution in [0.2, 0.25) is 0 Å². The highest BCUT2D eigenvalue weighted by molar-refractivity contribution is 5.07. The standard InChI is InChI=1S/C13H20O/c1-2-4-10(5-3-1)8-11-6-7-12-13(9-11)14-12/h4,11-13H,1-3,5-9H2. The molecular weight excluding hydrogens is 172 g/mol. The second-order valence-corrected chi connectivity index (χ2v) is 5.20. The first-order chi connectivity index (χ1) is 6.92. The maximum atomic E-state index is 5.58. The SMILES string of the molecule is C1=C(CC2CCC3OC3C2)CCCC1. The molecular formula is C13H20O. The number of rotatable bonds is 2. The van der Waals surface area contributed by atoms with Crippen LogP contribution in [0, 0.1) is 5.92 Å². The van der Waals surface area contributed by atoms with Crippen molar-refractivity contribution < 1.29 is 4.74 Å². The van der Waals surface area contributed by atoms with E-state index in [4.69, 9.17) is 4.74 Å². The molecule has 3 aliphatic rings. The van der Waals surface area contributed by atoms with Crippen molar-refractivity contribution in [1.82, 2.24) is 0 Å². The van der Waals surface area contributed by atoms with E-state index in [1.54, 1.807) is 5.57 Å². The number of fused-ring (bicyclic) bond motifs is 1. The third-order valence-corrected chi connectivity index (χ3v) is 4.05. The molecule has 0 spiro atoms. The maximum absolute atomic E-state index is 5.58. The Morgan fingerprint density at radius 1 is 1.21 bits per heavy atom. The molecule has 1 saturated carbocycles. The van der Waals surface area contributed by atoms with E-state index in [1.165, 1.54) is 51.4 Å². The highest BCUT2D eigenvalue weighted by atomic mass is 16.6. The van der Waals surface area contributed by atoms with Crippen LogP contribution in [0.1, 0.15) is 51.4 Å². The van der Waals surface area contributed by atoms with E-state index in [1.807, 2.05) is 0 Å². The van der Waals surface area contributed by atoms with Gasteiger partial charge < -0.3 is 4.74 Å². The van der Waals surface area contributed by atoms with Crippen LogP contribution in [0.4, 0.5) is 0 Å². The first-order valence-corrected chi connectivity index (χ1v) is 6.25. The number of hydrogen-bond acceptors (Lipinski definition) is 1. The van der Waals surface area contributed by atoms with E-state index < -0.39 is 0 Å². The van der Waals surface area contributed by atoms with Crippen molar-refractivity contribution in [2.45, 2.75) is 63.6 Å². The topological polar surface area (TPSA) is 12.5 Å². The monoisotopic (exact) mass is 192 g/mol. The van der Waals surface area contributed by atoms with Crippen LogP contribution in [0.25, 0.3) is 0 Å². The van der Waals surface area contributed by atoms with Gasteiger partial charge in [-0.3, -0.25) is 0 Å². The fourth-order valence-electron chi connectivity index (χ4n) is 3.13. The summed E-state index contributed by atoms with van der Waals surface area (Å²) >= 11 is 0. The molecule has 3 rings (SSSR count). The Morgan fingerprint density at radius 3 is 3.00 bits per heavy atom. The lowest BCUT2D eigenvalue weighted by Crippen LogP contribution is -2.14. The Balaban J connectivity index is 1.53. The molecule has 78 valence electrons. The molecule has 0 amide bonds. The molecule has 1 saturated heterocycles. The highest BCUT2D eigenvalue weighted by Gasteiger charge is 2.43. The third kappa shape index (κ3) is 1.88. The van der Waals surface area contributed by atoms with Gasteiger partial charge in [-0.25, -0.2) is 0 Å². The van der Waals surface area contributed by atoms with Gasteiger partial charge in [-0.05, 0) is 57.3 Å². The molecule has 0 bridgehead atoms. The second kappa shape index (κ2) is 3.69. The number of hydrogen-bond donors (Lipinski definition) is 0.